The maximum Gasteiger partial charge on any atom is 0.256 e. The Morgan fingerprint density at radius 1 is 1.10 bits per heavy atom. The van der Waals surface area contributed by atoms with Gasteiger partial charge in [-0.3, -0.25) is 4.79 Å². The lowest BCUT2D eigenvalue weighted by Crippen LogP contribution is -2.15. The summed E-state index contributed by atoms with van der Waals surface area (Å²) in [6.45, 7) is 6.42. The van der Waals surface area contributed by atoms with Gasteiger partial charge in [0.05, 0.1) is 12.4 Å². The fourth-order valence-corrected chi connectivity index (χ4v) is 1.89. The van der Waals surface area contributed by atoms with Crippen molar-refractivity contribution in [1.29, 1.82) is 0 Å². The highest BCUT2D eigenvalue weighted by Gasteiger charge is 2.14. The van der Waals surface area contributed by atoms with E-state index in [2.05, 4.69) is 52.0 Å². The molecular weight excluding hydrogens is 318 g/mol. The molecule has 0 atom stereocenters. The monoisotopic (exact) mass is 333 g/mol. The van der Waals surface area contributed by atoms with Crippen LogP contribution in [-0.4, -0.2) is 15.9 Å². The lowest BCUT2D eigenvalue weighted by atomic mass is 9.87. The van der Waals surface area contributed by atoms with Crippen LogP contribution in [-0.2, 0) is 5.41 Å². The third kappa shape index (κ3) is 3.63. The molecule has 1 aromatic heterocycles. The molecule has 20 heavy (non-hydrogen) atoms. The Kier molecular flexibility index (Phi) is 4.18. The number of nitrogens with zero attached hydrogens (tertiary/aromatic N) is 2. The topological polar surface area (TPSA) is 54.9 Å². The number of anilines is 1. The molecule has 2 rings (SSSR count). The van der Waals surface area contributed by atoms with Crippen molar-refractivity contribution in [3.8, 4) is 0 Å². The van der Waals surface area contributed by atoms with Crippen molar-refractivity contribution < 1.29 is 4.79 Å². The van der Waals surface area contributed by atoms with Gasteiger partial charge < -0.3 is 5.32 Å². The Morgan fingerprint density at radius 2 is 1.75 bits per heavy atom. The van der Waals surface area contributed by atoms with Crippen molar-refractivity contribution in [1.82, 2.24) is 9.97 Å². The van der Waals surface area contributed by atoms with Crippen LogP contribution in [0.1, 0.15) is 36.7 Å². The molecule has 5 heteroatoms. The fourth-order valence-electron chi connectivity index (χ4n) is 1.69. The molecule has 4 nitrogen and oxygen atoms in total. The van der Waals surface area contributed by atoms with Crippen LogP contribution in [0.15, 0.2) is 41.3 Å². The van der Waals surface area contributed by atoms with Gasteiger partial charge >= 0.3 is 0 Å². The van der Waals surface area contributed by atoms with Crippen molar-refractivity contribution >= 4 is 27.7 Å². The summed E-state index contributed by atoms with van der Waals surface area (Å²) in [7, 11) is 0. The van der Waals surface area contributed by atoms with E-state index in [4.69, 9.17) is 0 Å². The van der Waals surface area contributed by atoms with Gasteiger partial charge in [0, 0.05) is 5.56 Å². The largest absolute Gasteiger partial charge is 0.305 e. The average molecular weight is 334 g/mol. The standard InChI is InChI=1S/C15H16BrN3O/c1-15(2,3)11-6-4-10(5-7-11)14(20)19-13-9-17-12(16)8-18-13/h4-9H,1-3H3,(H,18,19,20). The van der Waals surface area contributed by atoms with Crippen LogP contribution in [0.25, 0.3) is 0 Å². The molecule has 0 aliphatic heterocycles. The van der Waals surface area contributed by atoms with Crippen LogP contribution in [0.5, 0.6) is 0 Å². The third-order valence-electron chi connectivity index (χ3n) is 2.88. The number of hydrogen-bond donors (Lipinski definition) is 1. The molecule has 1 heterocycles. The molecule has 0 bridgehead atoms. The molecule has 2 aromatic rings. The summed E-state index contributed by atoms with van der Waals surface area (Å²) >= 11 is 3.20. The van der Waals surface area contributed by atoms with Crippen molar-refractivity contribution in [3.63, 3.8) is 0 Å². The minimum Gasteiger partial charge on any atom is -0.305 e. The summed E-state index contributed by atoms with van der Waals surface area (Å²) in [5, 5.41) is 2.71. The van der Waals surface area contributed by atoms with Gasteiger partial charge in [-0.15, -0.1) is 0 Å². The summed E-state index contributed by atoms with van der Waals surface area (Å²) < 4.78 is 0.630. The quantitative estimate of drug-likeness (QED) is 0.909. The summed E-state index contributed by atoms with van der Waals surface area (Å²) in [6.07, 6.45) is 3.05. The summed E-state index contributed by atoms with van der Waals surface area (Å²) in [6, 6.07) is 7.59. The van der Waals surface area contributed by atoms with Crippen LogP contribution in [0.2, 0.25) is 0 Å². The van der Waals surface area contributed by atoms with Crippen LogP contribution >= 0.6 is 15.9 Å². The number of hydrogen-bond acceptors (Lipinski definition) is 3. The molecule has 1 aromatic carbocycles. The predicted octanol–water partition coefficient (Wildman–Crippen LogP) is 3.79. The van der Waals surface area contributed by atoms with E-state index < -0.39 is 0 Å². The van der Waals surface area contributed by atoms with E-state index >= 15 is 0 Å². The lowest BCUT2D eigenvalue weighted by Gasteiger charge is -2.19. The first-order valence-corrected chi connectivity index (χ1v) is 7.05. The number of carbonyl (C=O) groups excluding carboxylic acids is 1. The van der Waals surface area contributed by atoms with Crippen LogP contribution in [0, 0.1) is 0 Å². The number of carbonyl (C=O) groups is 1. The van der Waals surface area contributed by atoms with Crippen molar-refractivity contribution in [2.45, 2.75) is 26.2 Å². The van der Waals surface area contributed by atoms with Crippen LogP contribution in [0.4, 0.5) is 5.82 Å². The van der Waals surface area contributed by atoms with E-state index in [1.54, 1.807) is 0 Å². The van der Waals surface area contributed by atoms with E-state index in [-0.39, 0.29) is 11.3 Å². The lowest BCUT2D eigenvalue weighted by molar-refractivity contribution is 0.102. The Morgan fingerprint density at radius 3 is 2.25 bits per heavy atom. The number of rotatable bonds is 2. The van der Waals surface area contributed by atoms with Crippen LogP contribution in [0.3, 0.4) is 0 Å². The minimum atomic E-state index is -0.193. The zero-order valence-electron chi connectivity index (χ0n) is 11.6. The van der Waals surface area contributed by atoms with Gasteiger partial charge in [0.1, 0.15) is 4.60 Å². The Balaban J connectivity index is 2.11. The molecule has 0 radical (unpaired) electrons. The highest BCUT2D eigenvalue weighted by molar-refractivity contribution is 9.10. The van der Waals surface area contributed by atoms with E-state index in [1.165, 1.54) is 18.0 Å². The maximum absolute atomic E-state index is 12.1. The predicted molar refractivity (Wildman–Crippen MR) is 82.8 cm³/mol. The molecule has 1 amide bonds. The third-order valence-corrected chi connectivity index (χ3v) is 3.28. The molecule has 0 aliphatic rings. The number of aromatic nitrogens is 2. The van der Waals surface area contributed by atoms with Crippen LogP contribution < -0.4 is 5.32 Å². The normalized spacial score (nSPS) is 11.2. The van der Waals surface area contributed by atoms with Gasteiger partial charge in [0.2, 0.25) is 0 Å². The first-order valence-electron chi connectivity index (χ1n) is 6.26. The van der Waals surface area contributed by atoms with Gasteiger partial charge in [0.15, 0.2) is 5.82 Å². The molecule has 0 unspecified atom stereocenters. The number of amides is 1. The van der Waals surface area contributed by atoms with Gasteiger partial charge in [-0.25, -0.2) is 9.97 Å². The Bertz CT molecular complexity index is 601. The molecule has 0 aliphatic carbocycles. The van der Waals surface area contributed by atoms with Crippen molar-refractivity contribution in [2.75, 3.05) is 5.32 Å². The molecule has 0 spiro atoms. The molecule has 1 N–H and O–H groups in total. The van der Waals surface area contributed by atoms with E-state index in [9.17, 15) is 4.79 Å². The fraction of sp³-hybridized carbons (Fsp3) is 0.267. The summed E-state index contributed by atoms with van der Waals surface area (Å²) in [4.78, 5) is 20.1. The van der Waals surface area contributed by atoms with Gasteiger partial charge in [-0.05, 0) is 39.0 Å². The Labute approximate surface area is 126 Å². The van der Waals surface area contributed by atoms with Crippen molar-refractivity contribution in [3.05, 3.63) is 52.4 Å². The average Bonchev–Trinajstić information content (AvgIpc) is 2.40. The van der Waals surface area contributed by atoms with Gasteiger partial charge in [-0.2, -0.15) is 0 Å². The minimum absolute atomic E-state index is 0.0756. The highest BCUT2D eigenvalue weighted by atomic mass is 79.9. The second-order valence-electron chi connectivity index (χ2n) is 5.51. The number of halogens is 1. The first-order chi connectivity index (χ1) is 9.36. The van der Waals surface area contributed by atoms with E-state index in [1.807, 2.05) is 24.3 Å². The number of nitrogens with one attached hydrogen (secondary N) is 1. The van der Waals surface area contributed by atoms with Gasteiger partial charge in [-0.1, -0.05) is 32.9 Å². The highest BCUT2D eigenvalue weighted by Crippen LogP contribution is 2.22. The zero-order chi connectivity index (χ0) is 14.8. The SMILES string of the molecule is CC(C)(C)c1ccc(C(=O)Nc2cnc(Br)cn2)cc1. The molecule has 0 fully saturated rings. The summed E-state index contributed by atoms with van der Waals surface area (Å²) in [5.41, 5.74) is 1.87. The summed E-state index contributed by atoms with van der Waals surface area (Å²) in [5.74, 6) is 0.236. The van der Waals surface area contributed by atoms with E-state index in [0.29, 0.717) is 16.0 Å². The molecule has 0 saturated carbocycles. The second kappa shape index (κ2) is 5.71. The maximum atomic E-state index is 12.1. The van der Waals surface area contributed by atoms with Crippen molar-refractivity contribution in [2.24, 2.45) is 0 Å². The van der Waals surface area contributed by atoms with E-state index in [0.717, 1.165) is 0 Å². The molecule has 0 saturated heterocycles. The molecule has 104 valence electrons. The zero-order valence-corrected chi connectivity index (χ0v) is 13.2. The van der Waals surface area contributed by atoms with Gasteiger partial charge in [0.25, 0.3) is 5.91 Å². The number of benzene rings is 1. The Hall–Kier alpha value is -1.75. The molecular formula is C15H16BrN3O. The smallest absolute Gasteiger partial charge is 0.256 e. The first kappa shape index (κ1) is 14.7. The second-order valence-corrected chi connectivity index (χ2v) is 6.32.